The lowest BCUT2D eigenvalue weighted by Crippen LogP contribution is -2.44. The molecule has 1 rings (SSSR count). The van der Waals surface area contributed by atoms with Gasteiger partial charge in [0.25, 0.3) is 0 Å². The first-order valence-corrected chi connectivity index (χ1v) is 5.68. The molecule has 3 nitrogen and oxygen atoms in total. The molecule has 0 amide bonds. The molecule has 1 aliphatic rings. The standard InChI is InChI=1S/C11H24N2O/c1-5-10(12-3)8-13(4)11-6-7-14-9(11)2/h9-12H,5-8H2,1-4H3. The van der Waals surface area contributed by atoms with Gasteiger partial charge in [0.05, 0.1) is 6.10 Å². The minimum Gasteiger partial charge on any atom is -0.377 e. The van der Waals surface area contributed by atoms with Gasteiger partial charge < -0.3 is 10.1 Å². The van der Waals surface area contributed by atoms with E-state index in [9.17, 15) is 0 Å². The molecule has 1 saturated heterocycles. The highest BCUT2D eigenvalue weighted by Gasteiger charge is 2.28. The molecule has 3 atom stereocenters. The molecule has 0 spiro atoms. The average molecular weight is 200 g/mol. The van der Waals surface area contributed by atoms with E-state index in [4.69, 9.17) is 4.74 Å². The maximum absolute atomic E-state index is 5.57. The van der Waals surface area contributed by atoms with Gasteiger partial charge in [-0.1, -0.05) is 6.92 Å². The van der Waals surface area contributed by atoms with Crippen molar-refractivity contribution >= 4 is 0 Å². The second-order valence-corrected chi connectivity index (χ2v) is 4.27. The maximum atomic E-state index is 5.57. The van der Waals surface area contributed by atoms with Gasteiger partial charge in [-0.2, -0.15) is 0 Å². The van der Waals surface area contributed by atoms with Gasteiger partial charge in [0.15, 0.2) is 0 Å². The van der Waals surface area contributed by atoms with Gasteiger partial charge in [0.1, 0.15) is 0 Å². The Hall–Kier alpha value is -0.120. The van der Waals surface area contributed by atoms with E-state index in [1.165, 1.54) is 12.8 Å². The van der Waals surface area contributed by atoms with Gasteiger partial charge in [-0.15, -0.1) is 0 Å². The number of nitrogens with one attached hydrogen (secondary N) is 1. The van der Waals surface area contributed by atoms with Crippen LogP contribution in [-0.2, 0) is 4.74 Å². The summed E-state index contributed by atoms with van der Waals surface area (Å²) in [5.74, 6) is 0. The first-order valence-electron chi connectivity index (χ1n) is 5.68. The molecule has 0 radical (unpaired) electrons. The predicted molar refractivity (Wildman–Crippen MR) is 59.6 cm³/mol. The first kappa shape index (κ1) is 12.0. The quantitative estimate of drug-likeness (QED) is 0.719. The number of ether oxygens (including phenoxy) is 1. The Morgan fingerprint density at radius 2 is 2.29 bits per heavy atom. The number of likely N-dealkylation sites (N-methyl/N-ethyl adjacent to an activating group) is 2. The molecule has 0 aromatic heterocycles. The molecule has 0 aromatic rings. The van der Waals surface area contributed by atoms with Gasteiger partial charge in [0, 0.05) is 25.2 Å². The third-order valence-electron chi connectivity index (χ3n) is 3.31. The van der Waals surface area contributed by atoms with Crippen LogP contribution >= 0.6 is 0 Å². The van der Waals surface area contributed by atoms with E-state index in [0.29, 0.717) is 18.2 Å². The lowest BCUT2D eigenvalue weighted by molar-refractivity contribution is 0.0805. The summed E-state index contributed by atoms with van der Waals surface area (Å²) in [6, 6.07) is 1.21. The third-order valence-corrected chi connectivity index (χ3v) is 3.31. The van der Waals surface area contributed by atoms with E-state index < -0.39 is 0 Å². The van der Waals surface area contributed by atoms with Crippen LogP contribution in [0.2, 0.25) is 0 Å². The molecule has 1 N–H and O–H groups in total. The topological polar surface area (TPSA) is 24.5 Å². The Morgan fingerprint density at radius 1 is 1.57 bits per heavy atom. The van der Waals surface area contributed by atoms with E-state index in [0.717, 1.165) is 13.2 Å². The highest BCUT2D eigenvalue weighted by atomic mass is 16.5. The van der Waals surface area contributed by atoms with Crippen LogP contribution in [0.25, 0.3) is 0 Å². The predicted octanol–water partition coefficient (Wildman–Crippen LogP) is 1.09. The Labute approximate surface area is 87.8 Å². The van der Waals surface area contributed by atoms with Crippen molar-refractivity contribution in [2.75, 3.05) is 27.2 Å². The molecule has 0 bridgehead atoms. The monoisotopic (exact) mass is 200 g/mol. The van der Waals surface area contributed by atoms with Crippen LogP contribution in [0.15, 0.2) is 0 Å². The smallest absolute Gasteiger partial charge is 0.0702 e. The zero-order valence-electron chi connectivity index (χ0n) is 9.92. The summed E-state index contributed by atoms with van der Waals surface area (Å²) in [7, 11) is 4.24. The SMILES string of the molecule is CCC(CN(C)C1CCOC1C)NC. The van der Waals surface area contributed by atoms with E-state index in [1.807, 2.05) is 7.05 Å². The van der Waals surface area contributed by atoms with Crippen LogP contribution in [-0.4, -0.2) is 50.3 Å². The molecule has 1 aliphatic heterocycles. The fourth-order valence-electron chi connectivity index (χ4n) is 2.21. The minimum atomic E-state index is 0.398. The largest absolute Gasteiger partial charge is 0.377 e. The molecule has 14 heavy (non-hydrogen) atoms. The van der Waals surface area contributed by atoms with Crippen molar-refractivity contribution in [3.05, 3.63) is 0 Å². The number of hydrogen-bond acceptors (Lipinski definition) is 3. The maximum Gasteiger partial charge on any atom is 0.0702 e. The Balaban J connectivity index is 2.36. The second kappa shape index (κ2) is 5.69. The van der Waals surface area contributed by atoms with Crippen LogP contribution in [0, 0.1) is 0 Å². The summed E-state index contributed by atoms with van der Waals surface area (Å²) in [6.07, 6.45) is 2.76. The highest BCUT2D eigenvalue weighted by Crippen LogP contribution is 2.18. The van der Waals surface area contributed by atoms with E-state index in [1.54, 1.807) is 0 Å². The normalized spacial score (nSPS) is 29.8. The number of rotatable bonds is 5. The molecule has 1 fully saturated rings. The molecule has 3 heteroatoms. The zero-order chi connectivity index (χ0) is 10.6. The molecule has 1 heterocycles. The minimum absolute atomic E-state index is 0.398. The van der Waals surface area contributed by atoms with Crippen LogP contribution in [0.5, 0.6) is 0 Å². The lowest BCUT2D eigenvalue weighted by atomic mass is 10.1. The van der Waals surface area contributed by atoms with E-state index in [-0.39, 0.29) is 0 Å². The summed E-state index contributed by atoms with van der Waals surface area (Å²) in [4.78, 5) is 2.43. The molecule has 84 valence electrons. The van der Waals surface area contributed by atoms with Gasteiger partial charge in [0.2, 0.25) is 0 Å². The van der Waals surface area contributed by atoms with Gasteiger partial charge in [-0.05, 0) is 33.9 Å². The van der Waals surface area contributed by atoms with Crippen molar-refractivity contribution in [2.45, 2.75) is 44.9 Å². The molecule has 0 aliphatic carbocycles. The summed E-state index contributed by atoms with van der Waals surface area (Å²) >= 11 is 0. The van der Waals surface area contributed by atoms with Gasteiger partial charge in [-0.3, -0.25) is 4.90 Å². The average Bonchev–Trinajstić information content (AvgIpc) is 2.60. The van der Waals surface area contributed by atoms with E-state index >= 15 is 0 Å². The van der Waals surface area contributed by atoms with Gasteiger partial charge in [-0.25, -0.2) is 0 Å². The van der Waals surface area contributed by atoms with Crippen molar-refractivity contribution in [2.24, 2.45) is 0 Å². The fraction of sp³-hybridized carbons (Fsp3) is 1.00. The van der Waals surface area contributed by atoms with Gasteiger partial charge >= 0.3 is 0 Å². The Morgan fingerprint density at radius 3 is 2.71 bits per heavy atom. The van der Waals surface area contributed by atoms with Crippen LogP contribution < -0.4 is 5.32 Å². The Kier molecular flexibility index (Phi) is 4.85. The number of nitrogens with zero attached hydrogens (tertiary/aromatic N) is 1. The van der Waals surface area contributed by atoms with E-state index in [2.05, 4.69) is 31.1 Å². The van der Waals surface area contributed by atoms with Crippen molar-refractivity contribution in [3.63, 3.8) is 0 Å². The molecule has 0 aromatic carbocycles. The summed E-state index contributed by atoms with van der Waals surface area (Å²) < 4.78 is 5.57. The summed E-state index contributed by atoms with van der Waals surface area (Å²) in [5, 5.41) is 3.34. The van der Waals surface area contributed by atoms with Crippen LogP contribution in [0.4, 0.5) is 0 Å². The lowest BCUT2D eigenvalue weighted by Gasteiger charge is -2.29. The molecular formula is C11H24N2O. The van der Waals surface area contributed by atoms with Crippen LogP contribution in [0.1, 0.15) is 26.7 Å². The third kappa shape index (κ3) is 2.94. The zero-order valence-corrected chi connectivity index (χ0v) is 9.92. The summed E-state index contributed by atoms with van der Waals surface area (Å²) in [6.45, 7) is 6.44. The highest BCUT2D eigenvalue weighted by molar-refractivity contribution is 4.82. The van der Waals surface area contributed by atoms with Crippen molar-refractivity contribution in [3.8, 4) is 0 Å². The Bertz CT molecular complexity index is 159. The fourth-order valence-corrected chi connectivity index (χ4v) is 2.21. The molecule has 0 saturated carbocycles. The van der Waals surface area contributed by atoms with Crippen molar-refractivity contribution in [1.82, 2.24) is 10.2 Å². The number of hydrogen-bond donors (Lipinski definition) is 1. The second-order valence-electron chi connectivity index (χ2n) is 4.27. The van der Waals surface area contributed by atoms with Crippen molar-refractivity contribution < 1.29 is 4.74 Å². The molecular weight excluding hydrogens is 176 g/mol. The molecule has 3 unspecified atom stereocenters. The first-order chi connectivity index (χ1) is 6.69. The van der Waals surface area contributed by atoms with Crippen molar-refractivity contribution in [1.29, 1.82) is 0 Å². The summed E-state index contributed by atoms with van der Waals surface area (Å²) in [5.41, 5.74) is 0. The van der Waals surface area contributed by atoms with Crippen LogP contribution in [0.3, 0.4) is 0 Å².